The van der Waals surface area contributed by atoms with E-state index in [0.717, 1.165) is 25.5 Å². The minimum Gasteiger partial charge on any atom is -0.355 e. The highest BCUT2D eigenvalue weighted by molar-refractivity contribution is 5.39. The quantitative estimate of drug-likeness (QED) is 0.884. The lowest BCUT2D eigenvalue weighted by Gasteiger charge is -2.36. The normalized spacial score (nSPS) is 21.4. The molecule has 0 radical (unpaired) electrons. The minimum absolute atomic E-state index is 0.584. The molecule has 0 aliphatic carbocycles. The van der Waals surface area contributed by atoms with Crippen LogP contribution in [0.15, 0.2) is 12.3 Å². The van der Waals surface area contributed by atoms with Crippen molar-refractivity contribution in [3.8, 4) is 0 Å². The molecule has 2 atom stereocenters. The topological polar surface area (TPSA) is 41.0 Å². The van der Waals surface area contributed by atoms with Crippen LogP contribution in [0.3, 0.4) is 0 Å². The van der Waals surface area contributed by atoms with Gasteiger partial charge in [0.1, 0.15) is 0 Å². The summed E-state index contributed by atoms with van der Waals surface area (Å²) in [5, 5.41) is 12.0. The second-order valence-corrected chi connectivity index (χ2v) is 5.68. The zero-order chi connectivity index (χ0) is 13.7. The van der Waals surface area contributed by atoms with E-state index in [1.54, 1.807) is 0 Å². The van der Waals surface area contributed by atoms with Crippen LogP contribution in [0.5, 0.6) is 0 Å². The maximum Gasteiger partial charge on any atom is 0.151 e. The Labute approximate surface area is 116 Å². The number of nitrogens with zero attached hydrogens (tertiary/aromatic N) is 3. The van der Waals surface area contributed by atoms with E-state index >= 15 is 0 Å². The van der Waals surface area contributed by atoms with Crippen molar-refractivity contribution in [2.24, 2.45) is 5.92 Å². The van der Waals surface area contributed by atoms with Gasteiger partial charge in [0.2, 0.25) is 0 Å². The molecule has 1 aliphatic heterocycles. The summed E-state index contributed by atoms with van der Waals surface area (Å²) >= 11 is 0. The molecule has 4 nitrogen and oxygen atoms in total. The Morgan fingerprint density at radius 3 is 3.11 bits per heavy atom. The average Bonchev–Trinajstić information content (AvgIpc) is 2.45. The molecule has 0 bridgehead atoms. The van der Waals surface area contributed by atoms with Crippen LogP contribution in [-0.4, -0.2) is 35.9 Å². The highest BCUT2D eigenvalue weighted by Gasteiger charge is 2.25. The third-order valence-electron chi connectivity index (χ3n) is 3.98. The molecule has 2 rings (SSSR count). The third-order valence-corrected chi connectivity index (χ3v) is 3.98. The summed E-state index contributed by atoms with van der Waals surface area (Å²) < 4.78 is 0. The van der Waals surface area contributed by atoms with Gasteiger partial charge in [-0.15, -0.1) is 5.10 Å². The summed E-state index contributed by atoms with van der Waals surface area (Å²) in [6.45, 7) is 9.92. The number of anilines is 1. The molecule has 1 saturated heterocycles. The SMILES string of the molecule is CCCNC(C)C1CCCN(c2cc(C)cnn2)C1. The second-order valence-electron chi connectivity index (χ2n) is 5.68. The monoisotopic (exact) mass is 262 g/mol. The van der Waals surface area contributed by atoms with Gasteiger partial charge in [-0.05, 0) is 57.2 Å². The molecule has 1 N–H and O–H groups in total. The van der Waals surface area contributed by atoms with Crippen LogP contribution < -0.4 is 10.2 Å². The largest absolute Gasteiger partial charge is 0.355 e. The number of nitrogens with one attached hydrogen (secondary N) is 1. The zero-order valence-corrected chi connectivity index (χ0v) is 12.4. The molecule has 2 heterocycles. The summed E-state index contributed by atoms with van der Waals surface area (Å²) in [6.07, 6.45) is 5.58. The Bertz CT molecular complexity index is 393. The van der Waals surface area contributed by atoms with Gasteiger partial charge in [0.15, 0.2) is 5.82 Å². The summed E-state index contributed by atoms with van der Waals surface area (Å²) in [6, 6.07) is 2.72. The molecular formula is C15H26N4. The highest BCUT2D eigenvalue weighted by Crippen LogP contribution is 2.23. The molecule has 1 fully saturated rings. The van der Waals surface area contributed by atoms with E-state index in [1.807, 2.05) is 6.20 Å². The van der Waals surface area contributed by atoms with Gasteiger partial charge in [0, 0.05) is 19.1 Å². The van der Waals surface area contributed by atoms with Crippen molar-refractivity contribution in [1.29, 1.82) is 0 Å². The van der Waals surface area contributed by atoms with Crippen LogP contribution in [0.1, 0.15) is 38.7 Å². The van der Waals surface area contributed by atoms with Crippen molar-refractivity contribution in [2.75, 3.05) is 24.5 Å². The van der Waals surface area contributed by atoms with Crippen molar-refractivity contribution < 1.29 is 0 Å². The Morgan fingerprint density at radius 2 is 2.37 bits per heavy atom. The van der Waals surface area contributed by atoms with Gasteiger partial charge in [-0.3, -0.25) is 0 Å². The first kappa shape index (κ1) is 14.3. The Hall–Kier alpha value is -1.16. The first-order chi connectivity index (χ1) is 9.20. The fourth-order valence-electron chi connectivity index (χ4n) is 2.77. The number of aromatic nitrogens is 2. The van der Waals surface area contributed by atoms with E-state index < -0.39 is 0 Å². The molecule has 0 amide bonds. The average molecular weight is 262 g/mol. The zero-order valence-electron chi connectivity index (χ0n) is 12.4. The second kappa shape index (κ2) is 6.85. The highest BCUT2D eigenvalue weighted by atomic mass is 15.3. The number of piperidine rings is 1. The van der Waals surface area contributed by atoms with Crippen molar-refractivity contribution in [1.82, 2.24) is 15.5 Å². The van der Waals surface area contributed by atoms with E-state index in [2.05, 4.69) is 47.3 Å². The first-order valence-electron chi connectivity index (χ1n) is 7.48. The van der Waals surface area contributed by atoms with E-state index in [9.17, 15) is 0 Å². The number of rotatable bonds is 5. The molecule has 1 aromatic rings. The molecule has 1 aliphatic rings. The van der Waals surface area contributed by atoms with E-state index in [0.29, 0.717) is 12.0 Å². The fourth-order valence-corrected chi connectivity index (χ4v) is 2.77. The molecule has 0 spiro atoms. The van der Waals surface area contributed by atoms with Crippen LogP contribution in [0.2, 0.25) is 0 Å². The Balaban J connectivity index is 1.97. The molecule has 0 aromatic carbocycles. The van der Waals surface area contributed by atoms with Gasteiger partial charge < -0.3 is 10.2 Å². The van der Waals surface area contributed by atoms with E-state index in [4.69, 9.17) is 0 Å². The van der Waals surface area contributed by atoms with Crippen LogP contribution in [0, 0.1) is 12.8 Å². The summed E-state index contributed by atoms with van der Waals surface area (Å²) in [4.78, 5) is 2.39. The maximum atomic E-state index is 4.27. The number of hydrogen-bond acceptors (Lipinski definition) is 4. The van der Waals surface area contributed by atoms with Gasteiger partial charge >= 0.3 is 0 Å². The van der Waals surface area contributed by atoms with Crippen LogP contribution in [0.25, 0.3) is 0 Å². The van der Waals surface area contributed by atoms with E-state index in [-0.39, 0.29) is 0 Å². The number of hydrogen-bond donors (Lipinski definition) is 1. The number of aryl methyl sites for hydroxylation is 1. The Morgan fingerprint density at radius 1 is 1.53 bits per heavy atom. The van der Waals surface area contributed by atoms with Gasteiger partial charge in [0.05, 0.1) is 6.20 Å². The summed E-state index contributed by atoms with van der Waals surface area (Å²) in [5.74, 6) is 1.75. The molecule has 19 heavy (non-hydrogen) atoms. The fraction of sp³-hybridized carbons (Fsp3) is 0.733. The molecular weight excluding hydrogens is 236 g/mol. The predicted octanol–water partition coefficient (Wildman–Crippen LogP) is 2.39. The van der Waals surface area contributed by atoms with Gasteiger partial charge in [-0.2, -0.15) is 5.10 Å². The van der Waals surface area contributed by atoms with Gasteiger partial charge in [0.25, 0.3) is 0 Å². The van der Waals surface area contributed by atoms with Crippen LogP contribution >= 0.6 is 0 Å². The standard InChI is InChI=1S/C15H26N4/c1-4-7-16-13(3)14-6-5-8-19(11-14)15-9-12(2)10-17-18-15/h9-10,13-14,16H,4-8,11H2,1-3H3. The first-order valence-corrected chi connectivity index (χ1v) is 7.48. The lowest BCUT2D eigenvalue weighted by atomic mass is 9.91. The predicted molar refractivity (Wildman–Crippen MR) is 79.5 cm³/mol. The lowest BCUT2D eigenvalue weighted by molar-refractivity contribution is 0.319. The molecule has 0 saturated carbocycles. The molecule has 4 heteroatoms. The maximum absolute atomic E-state index is 4.27. The molecule has 106 valence electrons. The molecule has 1 aromatic heterocycles. The van der Waals surface area contributed by atoms with Gasteiger partial charge in [-0.25, -0.2) is 0 Å². The van der Waals surface area contributed by atoms with E-state index in [1.165, 1.54) is 24.8 Å². The van der Waals surface area contributed by atoms with Crippen molar-refractivity contribution in [2.45, 2.75) is 46.1 Å². The van der Waals surface area contributed by atoms with Crippen LogP contribution in [0.4, 0.5) is 5.82 Å². The van der Waals surface area contributed by atoms with Gasteiger partial charge in [-0.1, -0.05) is 6.92 Å². The third kappa shape index (κ3) is 3.90. The molecule has 2 unspecified atom stereocenters. The Kier molecular flexibility index (Phi) is 5.14. The lowest BCUT2D eigenvalue weighted by Crippen LogP contribution is -2.45. The van der Waals surface area contributed by atoms with Crippen molar-refractivity contribution >= 4 is 5.82 Å². The van der Waals surface area contributed by atoms with Crippen molar-refractivity contribution in [3.63, 3.8) is 0 Å². The summed E-state index contributed by atoms with van der Waals surface area (Å²) in [7, 11) is 0. The minimum atomic E-state index is 0.584. The van der Waals surface area contributed by atoms with Crippen LogP contribution in [-0.2, 0) is 0 Å². The van der Waals surface area contributed by atoms with Crippen molar-refractivity contribution in [3.05, 3.63) is 17.8 Å². The smallest absolute Gasteiger partial charge is 0.151 e. The summed E-state index contributed by atoms with van der Waals surface area (Å²) in [5.41, 5.74) is 1.18.